The van der Waals surface area contributed by atoms with Crippen molar-refractivity contribution < 1.29 is 14.3 Å². The zero-order valence-corrected chi connectivity index (χ0v) is 19.2. The van der Waals surface area contributed by atoms with Crippen LogP contribution >= 0.6 is 0 Å². The first-order valence-corrected chi connectivity index (χ1v) is 11.3. The topological polar surface area (TPSA) is 47.9 Å². The third kappa shape index (κ3) is 7.03. The van der Waals surface area contributed by atoms with E-state index < -0.39 is 11.6 Å². The fourth-order valence-corrected chi connectivity index (χ4v) is 4.15. The highest BCUT2D eigenvalue weighted by Crippen LogP contribution is 2.31. The van der Waals surface area contributed by atoms with E-state index in [2.05, 4.69) is 0 Å². The Labute approximate surface area is 186 Å². The Balaban J connectivity index is 1.93. The molecular weight excluding hydrogens is 386 g/mol. The van der Waals surface area contributed by atoms with E-state index in [1.165, 1.54) is 0 Å². The molecule has 0 N–H and O–H groups in total. The van der Waals surface area contributed by atoms with Crippen LogP contribution in [-0.4, -0.2) is 36.5 Å². The van der Waals surface area contributed by atoms with Crippen LogP contribution in [0.2, 0.25) is 0 Å². The minimum absolute atomic E-state index is 0.245. The molecule has 0 aromatic heterocycles. The Kier molecular flexibility index (Phi) is 8.03. The van der Waals surface area contributed by atoms with Crippen molar-refractivity contribution in [1.82, 2.24) is 0 Å². The molecule has 4 heteroatoms. The van der Waals surface area contributed by atoms with Gasteiger partial charge in [0.25, 0.3) is 0 Å². The highest BCUT2D eigenvalue weighted by Gasteiger charge is 2.30. The second-order valence-electron chi connectivity index (χ2n) is 9.37. The lowest BCUT2D eigenvalue weighted by atomic mass is 9.83. The fourth-order valence-electron chi connectivity index (χ4n) is 4.15. The van der Waals surface area contributed by atoms with Crippen LogP contribution in [0.5, 0.6) is 0 Å². The minimum Gasteiger partial charge on any atom is -0.458 e. The maximum Gasteiger partial charge on any atom is 0.331 e. The molecule has 0 bridgehead atoms. The average molecular weight is 422 g/mol. The molecule has 1 aliphatic carbocycles. The van der Waals surface area contributed by atoms with Crippen LogP contribution < -0.4 is 0 Å². The monoisotopic (exact) mass is 421 g/mol. The summed E-state index contributed by atoms with van der Waals surface area (Å²) < 4.78 is 11.3. The fraction of sp³-hybridized carbons (Fsp3) is 0.481. The summed E-state index contributed by atoms with van der Waals surface area (Å²) in [6.45, 7) is 5.72. The highest BCUT2D eigenvalue weighted by atomic mass is 16.6. The summed E-state index contributed by atoms with van der Waals surface area (Å²) in [5, 5.41) is 0. The van der Waals surface area contributed by atoms with Gasteiger partial charge in [0, 0.05) is 18.2 Å². The van der Waals surface area contributed by atoms with Crippen molar-refractivity contribution in [1.29, 1.82) is 0 Å². The summed E-state index contributed by atoms with van der Waals surface area (Å²) in [6, 6.07) is 19.6. The number of ether oxygens (including phenoxy) is 2. The van der Waals surface area contributed by atoms with Gasteiger partial charge >= 0.3 is 5.97 Å². The summed E-state index contributed by atoms with van der Waals surface area (Å²) in [7, 11) is 1.78. The summed E-state index contributed by atoms with van der Waals surface area (Å²) in [5.41, 5.74) is 2.30. The van der Waals surface area contributed by atoms with Gasteiger partial charge in [0.2, 0.25) is 0 Å². The van der Waals surface area contributed by atoms with Gasteiger partial charge < -0.3 is 9.47 Å². The summed E-state index contributed by atoms with van der Waals surface area (Å²) in [4.78, 5) is 18.2. The predicted molar refractivity (Wildman–Crippen MR) is 126 cm³/mol. The van der Waals surface area contributed by atoms with Gasteiger partial charge in [-0.2, -0.15) is 0 Å². The Morgan fingerprint density at radius 3 is 1.90 bits per heavy atom. The lowest BCUT2D eigenvalue weighted by Gasteiger charge is -2.30. The van der Waals surface area contributed by atoms with Crippen LogP contribution in [0.15, 0.2) is 65.7 Å². The van der Waals surface area contributed by atoms with Gasteiger partial charge in [-0.05, 0) is 58.8 Å². The van der Waals surface area contributed by atoms with Gasteiger partial charge in [-0.1, -0.05) is 60.7 Å². The molecule has 31 heavy (non-hydrogen) atoms. The molecule has 1 aliphatic rings. The van der Waals surface area contributed by atoms with Gasteiger partial charge in [-0.3, -0.25) is 4.99 Å². The summed E-state index contributed by atoms with van der Waals surface area (Å²) in [6.07, 6.45) is 5.23. The molecule has 0 radical (unpaired) electrons. The van der Waals surface area contributed by atoms with Crippen LogP contribution in [0.1, 0.15) is 64.0 Å². The second-order valence-corrected chi connectivity index (χ2v) is 9.37. The number of benzene rings is 2. The van der Waals surface area contributed by atoms with Crippen molar-refractivity contribution >= 4 is 11.7 Å². The van der Waals surface area contributed by atoms with E-state index in [-0.39, 0.29) is 5.97 Å². The molecule has 1 unspecified atom stereocenters. The molecule has 1 fully saturated rings. The van der Waals surface area contributed by atoms with E-state index in [4.69, 9.17) is 14.5 Å². The number of hydrogen-bond acceptors (Lipinski definition) is 4. The zero-order chi connectivity index (χ0) is 22.3. The van der Waals surface area contributed by atoms with Crippen molar-refractivity contribution in [3.8, 4) is 0 Å². The Bertz CT molecular complexity index is 806. The molecule has 3 rings (SSSR count). The second kappa shape index (κ2) is 10.7. The predicted octanol–water partition coefficient (Wildman–Crippen LogP) is 5.83. The van der Waals surface area contributed by atoms with Crippen molar-refractivity contribution in [3.05, 3.63) is 71.8 Å². The largest absolute Gasteiger partial charge is 0.458 e. The number of hydrogen-bond donors (Lipinski definition) is 0. The molecule has 1 atom stereocenters. The first-order valence-electron chi connectivity index (χ1n) is 11.3. The molecule has 0 amide bonds. The lowest BCUT2D eigenvalue weighted by molar-refractivity contribution is -0.156. The third-order valence-corrected chi connectivity index (χ3v) is 5.74. The van der Waals surface area contributed by atoms with E-state index in [0.717, 1.165) is 42.5 Å². The first kappa shape index (κ1) is 23.2. The molecule has 166 valence electrons. The van der Waals surface area contributed by atoms with Crippen LogP contribution in [0.25, 0.3) is 0 Å². The lowest BCUT2D eigenvalue weighted by Crippen LogP contribution is -2.34. The molecule has 0 spiro atoms. The van der Waals surface area contributed by atoms with Crippen molar-refractivity contribution in [2.45, 2.75) is 70.6 Å². The number of methoxy groups -OCH3 is 1. The molecule has 0 heterocycles. The summed E-state index contributed by atoms with van der Waals surface area (Å²) >= 11 is 0. The van der Waals surface area contributed by atoms with Gasteiger partial charge in [0.05, 0.1) is 11.8 Å². The van der Waals surface area contributed by atoms with Gasteiger partial charge in [0.1, 0.15) is 11.6 Å². The number of aliphatic imine (C=N–C) groups is 1. The molecule has 2 aromatic rings. The van der Waals surface area contributed by atoms with E-state index in [1.54, 1.807) is 7.11 Å². The molecular formula is C27H35NO3. The maximum atomic E-state index is 13.2. The van der Waals surface area contributed by atoms with Crippen LogP contribution in [0.4, 0.5) is 0 Å². The Hall–Kier alpha value is -2.46. The third-order valence-electron chi connectivity index (χ3n) is 5.74. The molecule has 1 saturated carbocycles. The van der Waals surface area contributed by atoms with Crippen LogP contribution in [0.3, 0.4) is 0 Å². The standard InChI is InChI=1S/C27H35NO3/c1-27(2,3)31-26(29)24(19-20-15-17-23(30-4)18-16-20)28-25(21-11-7-5-8-12-21)22-13-9-6-10-14-22/h5-14,20,23-24H,15-19H2,1-4H3. The first-order chi connectivity index (χ1) is 14.9. The van der Waals surface area contributed by atoms with Crippen molar-refractivity contribution in [2.75, 3.05) is 7.11 Å². The van der Waals surface area contributed by atoms with E-state index >= 15 is 0 Å². The van der Waals surface area contributed by atoms with Gasteiger partial charge in [-0.15, -0.1) is 0 Å². The molecule has 4 nitrogen and oxygen atoms in total. The van der Waals surface area contributed by atoms with Crippen LogP contribution in [0, 0.1) is 5.92 Å². The van der Waals surface area contributed by atoms with Gasteiger partial charge in [-0.25, -0.2) is 4.79 Å². The average Bonchev–Trinajstić information content (AvgIpc) is 2.77. The number of carbonyl (C=O) groups excluding carboxylic acids is 1. The molecule has 0 aliphatic heterocycles. The number of carbonyl (C=O) groups is 1. The Morgan fingerprint density at radius 1 is 0.935 bits per heavy atom. The van der Waals surface area contributed by atoms with E-state index in [1.807, 2.05) is 81.4 Å². The number of nitrogens with zero attached hydrogens (tertiary/aromatic N) is 1. The SMILES string of the molecule is COC1CCC(CC(N=C(c2ccccc2)c2ccccc2)C(=O)OC(C)(C)C)CC1. The zero-order valence-electron chi connectivity index (χ0n) is 19.2. The molecule has 0 saturated heterocycles. The smallest absolute Gasteiger partial charge is 0.331 e. The number of rotatable bonds is 7. The normalized spacial score (nSPS) is 20.0. The van der Waals surface area contributed by atoms with E-state index in [0.29, 0.717) is 18.4 Å². The molecule has 2 aromatic carbocycles. The van der Waals surface area contributed by atoms with Crippen molar-refractivity contribution in [2.24, 2.45) is 10.9 Å². The van der Waals surface area contributed by atoms with Crippen molar-refractivity contribution in [3.63, 3.8) is 0 Å². The van der Waals surface area contributed by atoms with E-state index in [9.17, 15) is 4.79 Å². The van der Waals surface area contributed by atoms with Gasteiger partial charge in [0.15, 0.2) is 0 Å². The highest BCUT2D eigenvalue weighted by molar-refractivity contribution is 6.13. The Morgan fingerprint density at radius 2 is 1.45 bits per heavy atom. The maximum absolute atomic E-state index is 13.2. The van der Waals surface area contributed by atoms with Crippen LogP contribution in [-0.2, 0) is 14.3 Å². The minimum atomic E-state index is -0.543. The summed E-state index contributed by atoms with van der Waals surface area (Å²) in [5.74, 6) is 0.200. The number of esters is 1. The quantitative estimate of drug-likeness (QED) is 0.417.